The van der Waals surface area contributed by atoms with Crippen LogP contribution in [0.25, 0.3) is 0 Å². The maximum atomic E-state index is 10.7. The molecule has 6 heteroatoms. The van der Waals surface area contributed by atoms with Gasteiger partial charge in [-0.15, -0.1) is 0 Å². The summed E-state index contributed by atoms with van der Waals surface area (Å²) in [6.45, 7) is 5.86. The second-order valence-corrected chi connectivity index (χ2v) is 5.30. The lowest BCUT2D eigenvalue weighted by Crippen LogP contribution is -2.10. The molecule has 1 N–H and O–H groups in total. The van der Waals surface area contributed by atoms with E-state index in [0.29, 0.717) is 5.16 Å². The van der Waals surface area contributed by atoms with Crippen LogP contribution in [0.2, 0.25) is 0 Å². The molecular weight excluding hydrogens is 264 g/mol. The number of nitrogens with zero attached hydrogens (tertiary/aromatic N) is 2. The Bertz CT molecular complexity index is 588. The number of aliphatic carboxylic acids is 1. The van der Waals surface area contributed by atoms with Crippen LogP contribution in [0.1, 0.15) is 30.2 Å². The van der Waals surface area contributed by atoms with Crippen LogP contribution in [0.5, 0.6) is 0 Å². The largest absolute Gasteiger partial charge is 0.481 e. The average Bonchev–Trinajstić information content (AvgIpc) is 2.92. The molecule has 0 aliphatic carbocycles. The molecule has 0 aliphatic heterocycles. The molecule has 0 radical (unpaired) electrons. The van der Waals surface area contributed by atoms with Crippen molar-refractivity contribution in [2.75, 3.05) is 5.75 Å². The van der Waals surface area contributed by atoms with E-state index in [0.717, 1.165) is 17.2 Å². The molecule has 1 unspecified atom stereocenters. The fraction of sp³-hybridized carbons (Fsp3) is 0.385. The molecule has 0 aliphatic rings. The van der Waals surface area contributed by atoms with Crippen molar-refractivity contribution < 1.29 is 14.3 Å². The van der Waals surface area contributed by atoms with E-state index in [4.69, 9.17) is 9.52 Å². The minimum atomic E-state index is -0.848. The zero-order valence-electron chi connectivity index (χ0n) is 11.1. The van der Waals surface area contributed by atoms with Crippen molar-refractivity contribution in [1.29, 1.82) is 0 Å². The molecular formula is C13H16N2O3S. The van der Waals surface area contributed by atoms with E-state index in [-0.39, 0.29) is 11.8 Å². The number of hydrogen-bond acceptors (Lipinski definition) is 4. The number of imidazole rings is 1. The lowest BCUT2D eigenvalue weighted by molar-refractivity contribution is -0.133. The molecule has 102 valence electrons. The van der Waals surface area contributed by atoms with Gasteiger partial charge in [-0.3, -0.25) is 4.79 Å². The van der Waals surface area contributed by atoms with Crippen LogP contribution >= 0.6 is 11.8 Å². The Balaban J connectivity index is 2.27. The molecule has 19 heavy (non-hydrogen) atoms. The van der Waals surface area contributed by atoms with Gasteiger partial charge in [0.1, 0.15) is 11.5 Å². The summed E-state index contributed by atoms with van der Waals surface area (Å²) < 4.78 is 7.62. The van der Waals surface area contributed by atoms with Crippen molar-refractivity contribution in [2.45, 2.75) is 32.0 Å². The summed E-state index contributed by atoms with van der Waals surface area (Å²) in [7, 11) is 0. The predicted molar refractivity (Wildman–Crippen MR) is 72.6 cm³/mol. The number of carboxylic acid groups (broad SMARTS) is 1. The van der Waals surface area contributed by atoms with E-state index in [2.05, 4.69) is 4.98 Å². The van der Waals surface area contributed by atoms with Crippen LogP contribution in [-0.2, 0) is 4.79 Å². The summed E-state index contributed by atoms with van der Waals surface area (Å²) in [5, 5.41) is 9.45. The minimum absolute atomic E-state index is 0.000353. The standard InChI is InChI=1S/C13H16N2O3S/c1-8-6-14-13(19-7-12(16)17)15(8)10(3)11-5-4-9(2)18-11/h4-6,10H,7H2,1-3H3,(H,16,17). The zero-order chi connectivity index (χ0) is 14.0. The first kappa shape index (κ1) is 13.7. The third-order valence-corrected chi connectivity index (χ3v) is 3.78. The maximum Gasteiger partial charge on any atom is 0.313 e. The summed E-state index contributed by atoms with van der Waals surface area (Å²) in [5.41, 5.74) is 0.981. The van der Waals surface area contributed by atoms with Gasteiger partial charge in [0, 0.05) is 11.9 Å². The summed E-state index contributed by atoms with van der Waals surface area (Å²) >= 11 is 1.22. The molecule has 0 saturated carbocycles. The first-order chi connectivity index (χ1) is 8.99. The normalized spacial score (nSPS) is 12.6. The Kier molecular flexibility index (Phi) is 3.99. The third kappa shape index (κ3) is 3.01. The Morgan fingerprint density at radius 3 is 2.84 bits per heavy atom. The molecule has 2 aromatic heterocycles. The molecule has 0 fully saturated rings. The van der Waals surface area contributed by atoms with Crippen molar-refractivity contribution in [3.8, 4) is 0 Å². The quantitative estimate of drug-likeness (QED) is 0.853. The zero-order valence-corrected chi connectivity index (χ0v) is 11.9. The molecule has 2 aromatic rings. The Hall–Kier alpha value is -1.69. The summed E-state index contributed by atoms with van der Waals surface area (Å²) in [5.74, 6) is 0.856. The van der Waals surface area contributed by atoms with Crippen molar-refractivity contribution >= 4 is 17.7 Å². The fourth-order valence-electron chi connectivity index (χ4n) is 1.93. The number of rotatable bonds is 5. The maximum absolute atomic E-state index is 10.7. The molecule has 0 spiro atoms. The van der Waals surface area contributed by atoms with E-state index >= 15 is 0 Å². The van der Waals surface area contributed by atoms with Gasteiger partial charge in [-0.2, -0.15) is 0 Å². The highest BCUT2D eigenvalue weighted by Crippen LogP contribution is 2.28. The van der Waals surface area contributed by atoms with Crippen LogP contribution < -0.4 is 0 Å². The summed E-state index contributed by atoms with van der Waals surface area (Å²) in [6.07, 6.45) is 1.75. The molecule has 1 atom stereocenters. The van der Waals surface area contributed by atoms with Crippen molar-refractivity contribution in [3.05, 3.63) is 35.5 Å². The van der Waals surface area contributed by atoms with Crippen molar-refractivity contribution in [1.82, 2.24) is 9.55 Å². The second-order valence-electron chi connectivity index (χ2n) is 4.36. The molecule has 0 saturated heterocycles. The number of carbonyl (C=O) groups is 1. The fourth-order valence-corrected chi connectivity index (χ4v) is 2.75. The van der Waals surface area contributed by atoms with Gasteiger partial charge in [-0.25, -0.2) is 4.98 Å². The van der Waals surface area contributed by atoms with E-state index in [1.165, 1.54) is 11.8 Å². The Labute approximate surface area is 115 Å². The van der Waals surface area contributed by atoms with Gasteiger partial charge in [-0.05, 0) is 32.9 Å². The number of furan rings is 1. The number of carboxylic acids is 1. The van der Waals surface area contributed by atoms with Crippen molar-refractivity contribution in [3.63, 3.8) is 0 Å². The molecule has 0 amide bonds. The molecule has 5 nitrogen and oxygen atoms in total. The third-order valence-electron chi connectivity index (χ3n) is 2.83. The van der Waals surface area contributed by atoms with E-state index in [1.807, 2.05) is 37.5 Å². The highest BCUT2D eigenvalue weighted by atomic mass is 32.2. The van der Waals surface area contributed by atoms with Gasteiger partial charge in [0.25, 0.3) is 0 Å². The van der Waals surface area contributed by atoms with Crippen LogP contribution in [0.3, 0.4) is 0 Å². The first-order valence-corrected chi connectivity index (χ1v) is 6.92. The monoisotopic (exact) mass is 280 g/mol. The van der Waals surface area contributed by atoms with E-state index < -0.39 is 5.97 Å². The number of aryl methyl sites for hydroxylation is 2. The van der Waals surface area contributed by atoms with Gasteiger partial charge < -0.3 is 14.1 Å². The van der Waals surface area contributed by atoms with Crippen LogP contribution in [0.4, 0.5) is 0 Å². The predicted octanol–water partition coefficient (Wildman–Crippen LogP) is 2.88. The second kappa shape index (κ2) is 5.52. The summed E-state index contributed by atoms with van der Waals surface area (Å²) in [4.78, 5) is 14.9. The SMILES string of the molecule is Cc1ccc(C(C)n2c(C)cnc2SCC(=O)O)o1. The number of thioether (sulfide) groups is 1. The van der Waals surface area contributed by atoms with Gasteiger partial charge in [-0.1, -0.05) is 11.8 Å². The average molecular weight is 280 g/mol. The van der Waals surface area contributed by atoms with Crippen LogP contribution in [-0.4, -0.2) is 26.4 Å². The van der Waals surface area contributed by atoms with Crippen LogP contribution in [0.15, 0.2) is 27.9 Å². The van der Waals surface area contributed by atoms with Gasteiger partial charge in [0.05, 0.1) is 11.8 Å². The van der Waals surface area contributed by atoms with E-state index in [9.17, 15) is 4.79 Å². The van der Waals surface area contributed by atoms with Crippen LogP contribution in [0, 0.1) is 13.8 Å². The number of aromatic nitrogens is 2. The minimum Gasteiger partial charge on any atom is -0.481 e. The topological polar surface area (TPSA) is 68.3 Å². The highest BCUT2D eigenvalue weighted by molar-refractivity contribution is 7.99. The first-order valence-electron chi connectivity index (χ1n) is 5.93. The molecule has 0 aromatic carbocycles. The van der Waals surface area contributed by atoms with E-state index in [1.54, 1.807) is 6.20 Å². The number of hydrogen-bond donors (Lipinski definition) is 1. The lowest BCUT2D eigenvalue weighted by Gasteiger charge is -2.15. The molecule has 0 bridgehead atoms. The molecule has 2 heterocycles. The Morgan fingerprint density at radius 2 is 2.26 bits per heavy atom. The van der Waals surface area contributed by atoms with Gasteiger partial charge in [0.2, 0.25) is 0 Å². The smallest absolute Gasteiger partial charge is 0.313 e. The highest BCUT2D eigenvalue weighted by Gasteiger charge is 2.18. The lowest BCUT2D eigenvalue weighted by atomic mass is 10.2. The van der Waals surface area contributed by atoms with Gasteiger partial charge >= 0.3 is 5.97 Å². The van der Waals surface area contributed by atoms with Gasteiger partial charge in [0.15, 0.2) is 5.16 Å². The molecule has 2 rings (SSSR count). The van der Waals surface area contributed by atoms with Crippen molar-refractivity contribution in [2.24, 2.45) is 0 Å². The Morgan fingerprint density at radius 1 is 1.53 bits per heavy atom. The summed E-state index contributed by atoms with van der Waals surface area (Å²) in [6, 6.07) is 3.85.